The zero-order valence-electron chi connectivity index (χ0n) is 17.4. The fourth-order valence-corrected chi connectivity index (χ4v) is 3.00. The molecule has 0 aliphatic carbocycles. The molecule has 1 aromatic carbocycles. The smallest absolute Gasteiger partial charge is 0.338 e. The lowest BCUT2D eigenvalue weighted by Gasteiger charge is -2.25. The molecule has 0 aliphatic heterocycles. The summed E-state index contributed by atoms with van der Waals surface area (Å²) in [6, 6.07) is 11.4. The number of carbonyl (C=O) groups excluding carboxylic acids is 1. The molecule has 0 aliphatic rings. The summed E-state index contributed by atoms with van der Waals surface area (Å²) in [5.74, 6) is -1.05. The Hall–Kier alpha value is -2.41. The molecular weight excluding hydrogens is 356 g/mol. The third-order valence-electron chi connectivity index (χ3n) is 4.33. The molecule has 6 nitrogen and oxygen atoms in total. The zero-order valence-corrected chi connectivity index (χ0v) is 17.4. The van der Waals surface area contributed by atoms with Gasteiger partial charge in [0.25, 0.3) is 0 Å². The molecule has 6 heteroatoms. The highest BCUT2D eigenvalue weighted by molar-refractivity contribution is 5.89. The van der Waals surface area contributed by atoms with Crippen molar-refractivity contribution in [1.29, 1.82) is 10.5 Å². The van der Waals surface area contributed by atoms with Crippen LogP contribution in [-0.4, -0.2) is 32.1 Å². The highest BCUT2D eigenvalue weighted by Gasteiger charge is 2.24. The van der Waals surface area contributed by atoms with Crippen LogP contribution in [0.15, 0.2) is 24.3 Å². The van der Waals surface area contributed by atoms with Crippen LogP contribution in [0.5, 0.6) is 0 Å². The van der Waals surface area contributed by atoms with Gasteiger partial charge in [-0.15, -0.1) is 0 Å². The zero-order chi connectivity index (χ0) is 21.2. The second-order valence-corrected chi connectivity index (χ2v) is 7.74. The summed E-state index contributed by atoms with van der Waals surface area (Å²) in [5.41, 5.74) is 1.12. The molecule has 0 bridgehead atoms. The summed E-state index contributed by atoms with van der Waals surface area (Å²) < 4.78 is 16.1. The molecular formula is C22H30N2O4. The highest BCUT2D eigenvalue weighted by Crippen LogP contribution is 2.24. The van der Waals surface area contributed by atoms with Crippen LogP contribution in [0.1, 0.15) is 56.0 Å². The van der Waals surface area contributed by atoms with Gasteiger partial charge >= 0.3 is 5.97 Å². The molecule has 1 rings (SSSR count). The third kappa shape index (κ3) is 8.08. The molecule has 1 unspecified atom stereocenters. The summed E-state index contributed by atoms with van der Waals surface area (Å²) >= 11 is 0. The molecule has 0 amide bonds. The van der Waals surface area contributed by atoms with Crippen molar-refractivity contribution in [2.24, 2.45) is 11.8 Å². The Morgan fingerprint density at radius 2 is 1.64 bits per heavy atom. The predicted octanol–water partition coefficient (Wildman–Crippen LogP) is 4.25. The SMILES string of the molecule is COC(OC)C(CCCc1ccc(C(=O)OC(C)(C)C)cc1)CC(C#N)C#N. The third-order valence-corrected chi connectivity index (χ3v) is 4.33. The van der Waals surface area contributed by atoms with Gasteiger partial charge in [-0.1, -0.05) is 12.1 Å². The number of methoxy groups -OCH3 is 2. The number of aryl methyl sites for hydroxylation is 1. The van der Waals surface area contributed by atoms with Gasteiger partial charge in [0.1, 0.15) is 11.5 Å². The Bertz CT molecular complexity index is 677. The molecule has 0 aromatic heterocycles. The Balaban J connectivity index is 2.65. The Kier molecular flexibility index (Phi) is 9.65. The van der Waals surface area contributed by atoms with E-state index in [1.54, 1.807) is 26.4 Å². The van der Waals surface area contributed by atoms with Crippen LogP contribution in [0.2, 0.25) is 0 Å². The number of hydrogen-bond acceptors (Lipinski definition) is 6. The minimum Gasteiger partial charge on any atom is -0.456 e. The van der Waals surface area contributed by atoms with Crippen molar-refractivity contribution in [2.75, 3.05) is 14.2 Å². The number of benzene rings is 1. The lowest BCUT2D eigenvalue weighted by Crippen LogP contribution is -2.26. The molecule has 0 saturated carbocycles. The summed E-state index contributed by atoms with van der Waals surface area (Å²) in [4.78, 5) is 12.1. The molecule has 28 heavy (non-hydrogen) atoms. The molecule has 1 atom stereocenters. The molecule has 0 heterocycles. The van der Waals surface area contributed by atoms with Crippen LogP contribution < -0.4 is 0 Å². The van der Waals surface area contributed by atoms with Crippen LogP contribution in [-0.2, 0) is 20.6 Å². The van der Waals surface area contributed by atoms with Gasteiger partial charge in [-0.2, -0.15) is 10.5 Å². The van der Waals surface area contributed by atoms with E-state index in [0.717, 1.165) is 24.8 Å². The van der Waals surface area contributed by atoms with Crippen LogP contribution in [0.25, 0.3) is 0 Å². The van der Waals surface area contributed by atoms with Gasteiger partial charge in [0.15, 0.2) is 6.29 Å². The predicted molar refractivity (Wildman–Crippen MR) is 105 cm³/mol. The standard InChI is InChI=1S/C22H30N2O4/c1-22(2,3)28-20(25)18-11-9-16(10-12-18)7-6-8-19(21(26-4)27-5)13-17(14-23)15-24/h9-12,17,19,21H,6-8,13H2,1-5H3. The van der Waals surface area contributed by atoms with Crippen LogP contribution in [0, 0.1) is 34.5 Å². The van der Waals surface area contributed by atoms with Crippen molar-refractivity contribution < 1.29 is 19.0 Å². The van der Waals surface area contributed by atoms with Crippen molar-refractivity contribution in [3.63, 3.8) is 0 Å². The molecule has 0 N–H and O–H groups in total. The normalized spacial score (nSPS) is 12.5. The van der Waals surface area contributed by atoms with E-state index >= 15 is 0 Å². The average Bonchev–Trinajstić information content (AvgIpc) is 2.65. The fourth-order valence-electron chi connectivity index (χ4n) is 3.00. The maximum Gasteiger partial charge on any atom is 0.338 e. The molecule has 152 valence electrons. The van der Waals surface area contributed by atoms with Crippen LogP contribution in [0.4, 0.5) is 0 Å². The van der Waals surface area contributed by atoms with E-state index in [1.165, 1.54) is 0 Å². The summed E-state index contributed by atoms with van der Waals surface area (Å²) in [6.45, 7) is 5.52. The van der Waals surface area contributed by atoms with E-state index in [9.17, 15) is 4.79 Å². The van der Waals surface area contributed by atoms with Gasteiger partial charge in [-0.05, 0) is 64.2 Å². The van der Waals surface area contributed by atoms with E-state index < -0.39 is 17.8 Å². The van der Waals surface area contributed by atoms with Crippen molar-refractivity contribution in [1.82, 2.24) is 0 Å². The summed E-state index contributed by atoms with van der Waals surface area (Å²) in [5, 5.41) is 18.1. The molecule has 1 aromatic rings. The number of esters is 1. The quantitative estimate of drug-likeness (QED) is 0.441. The monoisotopic (exact) mass is 386 g/mol. The minimum atomic E-state index is -0.675. The first-order chi connectivity index (χ1) is 13.2. The lowest BCUT2D eigenvalue weighted by atomic mass is 9.90. The number of ether oxygens (including phenoxy) is 3. The maximum atomic E-state index is 12.1. The first-order valence-electron chi connectivity index (χ1n) is 9.41. The minimum absolute atomic E-state index is 0.0414. The van der Waals surface area contributed by atoms with Crippen molar-refractivity contribution in [3.05, 3.63) is 35.4 Å². The van der Waals surface area contributed by atoms with Gasteiger partial charge in [0.05, 0.1) is 17.7 Å². The summed E-state index contributed by atoms with van der Waals surface area (Å²) in [7, 11) is 3.12. The molecule has 0 fully saturated rings. The maximum absolute atomic E-state index is 12.1. The van der Waals surface area contributed by atoms with Gasteiger partial charge in [-0.25, -0.2) is 4.79 Å². The van der Waals surface area contributed by atoms with E-state index in [4.69, 9.17) is 24.7 Å². The molecule has 0 spiro atoms. The fraction of sp³-hybridized carbons (Fsp3) is 0.591. The van der Waals surface area contributed by atoms with E-state index in [-0.39, 0.29) is 11.9 Å². The van der Waals surface area contributed by atoms with Crippen molar-refractivity contribution in [2.45, 2.75) is 58.3 Å². The van der Waals surface area contributed by atoms with E-state index in [1.807, 2.05) is 45.0 Å². The largest absolute Gasteiger partial charge is 0.456 e. The Morgan fingerprint density at radius 3 is 2.11 bits per heavy atom. The number of nitrogens with zero attached hydrogens (tertiary/aromatic N) is 2. The van der Waals surface area contributed by atoms with E-state index in [0.29, 0.717) is 12.0 Å². The van der Waals surface area contributed by atoms with Crippen molar-refractivity contribution in [3.8, 4) is 12.1 Å². The molecule has 0 radical (unpaired) electrons. The average molecular weight is 386 g/mol. The molecule has 0 saturated heterocycles. The Morgan fingerprint density at radius 1 is 1.07 bits per heavy atom. The van der Waals surface area contributed by atoms with Gasteiger partial charge in [0, 0.05) is 20.1 Å². The van der Waals surface area contributed by atoms with Crippen molar-refractivity contribution >= 4 is 5.97 Å². The van der Waals surface area contributed by atoms with Crippen LogP contribution >= 0.6 is 0 Å². The Labute approximate surface area is 168 Å². The number of hydrogen-bond donors (Lipinski definition) is 0. The second-order valence-electron chi connectivity index (χ2n) is 7.74. The van der Waals surface area contributed by atoms with Crippen LogP contribution in [0.3, 0.4) is 0 Å². The number of nitriles is 2. The first-order valence-corrected chi connectivity index (χ1v) is 9.41. The van der Waals surface area contributed by atoms with Gasteiger partial charge < -0.3 is 14.2 Å². The number of rotatable bonds is 10. The van der Waals surface area contributed by atoms with E-state index in [2.05, 4.69) is 0 Å². The number of carbonyl (C=O) groups is 1. The van der Waals surface area contributed by atoms with Gasteiger partial charge in [0.2, 0.25) is 0 Å². The highest BCUT2D eigenvalue weighted by atomic mass is 16.7. The van der Waals surface area contributed by atoms with Gasteiger partial charge in [-0.3, -0.25) is 0 Å². The topological polar surface area (TPSA) is 92.3 Å². The first kappa shape index (κ1) is 23.6. The lowest BCUT2D eigenvalue weighted by molar-refractivity contribution is -0.141. The summed E-state index contributed by atoms with van der Waals surface area (Å²) in [6.07, 6.45) is 2.40. The second kappa shape index (κ2) is 11.4.